The van der Waals surface area contributed by atoms with E-state index in [-0.39, 0.29) is 5.75 Å². The average molecular weight is 437 g/mol. The molecule has 0 radical (unpaired) electrons. The minimum Gasteiger partial charge on any atom is -0.504 e. The predicted octanol–water partition coefficient (Wildman–Crippen LogP) is 5.19. The van der Waals surface area contributed by atoms with E-state index in [1.54, 1.807) is 19.6 Å². The zero-order valence-electron chi connectivity index (χ0n) is 18.5. The summed E-state index contributed by atoms with van der Waals surface area (Å²) in [5.41, 5.74) is 7.02. The first-order valence-electron chi connectivity index (χ1n) is 10.7. The van der Waals surface area contributed by atoms with E-state index in [1.165, 1.54) is 11.1 Å². The Hall–Kier alpha value is -4.16. The summed E-state index contributed by atoms with van der Waals surface area (Å²) in [7, 11) is 3.58. The molecule has 3 aromatic carbocycles. The molecule has 5 aromatic rings. The molecule has 0 fully saturated rings. The van der Waals surface area contributed by atoms with Gasteiger partial charge in [0.1, 0.15) is 28.8 Å². The Morgan fingerprint density at radius 1 is 0.909 bits per heavy atom. The molecule has 0 spiro atoms. The lowest BCUT2D eigenvalue weighted by Crippen LogP contribution is -2.06. The molecule has 6 heteroatoms. The van der Waals surface area contributed by atoms with Crippen LogP contribution in [-0.2, 0) is 6.54 Å². The topological polar surface area (TPSA) is 72.2 Å². The van der Waals surface area contributed by atoms with Crippen LogP contribution in [0, 0.1) is 0 Å². The highest BCUT2D eigenvalue weighted by Crippen LogP contribution is 2.36. The van der Waals surface area contributed by atoms with Gasteiger partial charge in [0.05, 0.1) is 13.3 Å². The molecule has 0 aliphatic rings. The molecular weight excluding hydrogens is 412 g/mol. The number of nitrogens with zero attached hydrogens (tertiary/aromatic N) is 3. The van der Waals surface area contributed by atoms with Gasteiger partial charge in [-0.05, 0) is 48.0 Å². The summed E-state index contributed by atoms with van der Waals surface area (Å²) < 4.78 is 7.11. The van der Waals surface area contributed by atoms with Gasteiger partial charge in [-0.1, -0.05) is 48.5 Å². The molecule has 0 saturated carbocycles. The van der Waals surface area contributed by atoms with Crippen molar-refractivity contribution in [3.63, 3.8) is 0 Å². The lowest BCUT2D eigenvalue weighted by molar-refractivity contribution is 0.415. The van der Waals surface area contributed by atoms with Gasteiger partial charge in [0, 0.05) is 17.8 Å². The average Bonchev–Trinajstić information content (AvgIpc) is 3.30. The van der Waals surface area contributed by atoms with E-state index in [0.29, 0.717) is 16.7 Å². The molecule has 0 unspecified atom stereocenters. The normalized spacial score (nSPS) is 11.1. The summed E-state index contributed by atoms with van der Waals surface area (Å²) in [6.45, 7) is 0.798. The first-order valence-corrected chi connectivity index (χ1v) is 10.7. The molecule has 2 aromatic heterocycles. The number of nitrogens with one attached hydrogen (secondary N) is 1. The maximum atomic E-state index is 11.2. The fourth-order valence-electron chi connectivity index (χ4n) is 4.10. The van der Waals surface area contributed by atoms with Gasteiger partial charge in [-0.15, -0.1) is 0 Å². The molecule has 2 heterocycles. The van der Waals surface area contributed by atoms with Crippen LogP contribution in [-0.4, -0.2) is 33.8 Å². The zero-order chi connectivity index (χ0) is 22.8. The third-order valence-electron chi connectivity index (χ3n) is 5.76. The SMILES string of the molecule is CNCc1ccccc1-c1ccc(-c2ncc3ncn(-c4ccc(OC)cc4)c3c2O)cc1. The minimum atomic E-state index is 0.101. The number of methoxy groups -OCH3 is 1. The summed E-state index contributed by atoms with van der Waals surface area (Å²) in [6.07, 6.45) is 3.39. The van der Waals surface area contributed by atoms with E-state index >= 15 is 0 Å². The van der Waals surface area contributed by atoms with Crippen molar-refractivity contribution in [3.8, 4) is 39.6 Å². The van der Waals surface area contributed by atoms with Gasteiger partial charge in [-0.3, -0.25) is 4.57 Å². The summed E-state index contributed by atoms with van der Waals surface area (Å²) in [5, 5.41) is 14.4. The lowest BCUT2D eigenvalue weighted by Gasteiger charge is -2.11. The number of pyridine rings is 1. The van der Waals surface area contributed by atoms with E-state index in [2.05, 4.69) is 39.6 Å². The van der Waals surface area contributed by atoms with Crippen molar-refractivity contribution in [2.24, 2.45) is 0 Å². The van der Waals surface area contributed by atoms with E-state index in [1.807, 2.05) is 60.1 Å². The van der Waals surface area contributed by atoms with Crippen molar-refractivity contribution in [3.05, 3.63) is 90.9 Å². The van der Waals surface area contributed by atoms with Gasteiger partial charge in [0.2, 0.25) is 0 Å². The quantitative estimate of drug-likeness (QED) is 0.383. The molecule has 33 heavy (non-hydrogen) atoms. The highest BCUT2D eigenvalue weighted by molar-refractivity contribution is 5.89. The van der Waals surface area contributed by atoms with Crippen LogP contribution >= 0.6 is 0 Å². The fourth-order valence-corrected chi connectivity index (χ4v) is 4.10. The van der Waals surface area contributed by atoms with Crippen LogP contribution in [0.15, 0.2) is 85.3 Å². The Balaban J connectivity index is 1.55. The van der Waals surface area contributed by atoms with Gasteiger partial charge in [0.25, 0.3) is 0 Å². The molecule has 5 rings (SSSR count). The van der Waals surface area contributed by atoms with Crippen LogP contribution in [0.2, 0.25) is 0 Å². The van der Waals surface area contributed by atoms with Crippen molar-refractivity contribution in [2.75, 3.05) is 14.2 Å². The van der Waals surface area contributed by atoms with Crippen LogP contribution in [0.3, 0.4) is 0 Å². The first-order chi connectivity index (χ1) is 16.2. The fraction of sp³-hybridized carbons (Fsp3) is 0.111. The Bertz CT molecular complexity index is 1410. The van der Waals surface area contributed by atoms with Gasteiger partial charge in [-0.25, -0.2) is 9.97 Å². The number of hydrogen-bond donors (Lipinski definition) is 2. The summed E-state index contributed by atoms with van der Waals surface area (Å²) in [6, 6.07) is 24.1. The molecule has 0 amide bonds. The van der Waals surface area contributed by atoms with Crippen LogP contribution in [0.4, 0.5) is 0 Å². The monoisotopic (exact) mass is 436 g/mol. The third-order valence-corrected chi connectivity index (χ3v) is 5.76. The molecule has 0 aliphatic carbocycles. The Morgan fingerprint density at radius 3 is 2.36 bits per heavy atom. The molecule has 2 N–H and O–H groups in total. The molecule has 6 nitrogen and oxygen atoms in total. The number of benzene rings is 3. The van der Waals surface area contributed by atoms with E-state index in [4.69, 9.17) is 4.74 Å². The molecule has 0 aliphatic heterocycles. The second-order valence-corrected chi connectivity index (χ2v) is 7.77. The Morgan fingerprint density at radius 2 is 1.64 bits per heavy atom. The number of ether oxygens (including phenoxy) is 1. The molecule has 0 saturated heterocycles. The number of hydrogen-bond acceptors (Lipinski definition) is 5. The largest absolute Gasteiger partial charge is 0.504 e. The third kappa shape index (κ3) is 3.81. The van der Waals surface area contributed by atoms with Crippen molar-refractivity contribution in [2.45, 2.75) is 6.54 Å². The smallest absolute Gasteiger partial charge is 0.168 e. The van der Waals surface area contributed by atoms with Crippen LogP contribution in [0.1, 0.15) is 5.56 Å². The lowest BCUT2D eigenvalue weighted by atomic mass is 9.98. The Kier molecular flexibility index (Phi) is 5.50. The number of fused-ring (bicyclic) bond motifs is 1. The van der Waals surface area contributed by atoms with Crippen molar-refractivity contribution < 1.29 is 9.84 Å². The highest BCUT2D eigenvalue weighted by atomic mass is 16.5. The Labute approximate surface area is 192 Å². The summed E-state index contributed by atoms with van der Waals surface area (Å²) in [4.78, 5) is 8.92. The summed E-state index contributed by atoms with van der Waals surface area (Å²) in [5.74, 6) is 0.871. The second kappa shape index (κ2) is 8.76. The van der Waals surface area contributed by atoms with Crippen LogP contribution in [0.25, 0.3) is 39.1 Å². The van der Waals surface area contributed by atoms with Crippen molar-refractivity contribution in [1.82, 2.24) is 19.9 Å². The zero-order valence-corrected chi connectivity index (χ0v) is 18.5. The number of aromatic hydroxyl groups is 1. The maximum absolute atomic E-state index is 11.2. The van der Waals surface area contributed by atoms with Crippen molar-refractivity contribution in [1.29, 1.82) is 0 Å². The predicted molar refractivity (Wildman–Crippen MR) is 131 cm³/mol. The minimum absolute atomic E-state index is 0.101. The van der Waals surface area contributed by atoms with E-state index < -0.39 is 0 Å². The van der Waals surface area contributed by atoms with Crippen LogP contribution < -0.4 is 10.1 Å². The van der Waals surface area contributed by atoms with Gasteiger partial charge in [0.15, 0.2) is 5.75 Å². The molecule has 164 valence electrons. The van der Waals surface area contributed by atoms with Gasteiger partial charge < -0.3 is 15.2 Å². The van der Waals surface area contributed by atoms with Gasteiger partial charge >= 0.3 is 0 Å². The number of imidazole rings is 1. The second-order valence-electron chi connectivity index (χ2n) is 7.77. The number of aromatic nitrogens is 3. The maximum Gasteiger partial charge on any atom is 0.168 e. The summed E-state index contributed by atoms with van der Waals surface area (Å²) >= 11 is 0. The molecule has 0 atom stereocenters. The molecular formula is C27H24N4O2. The molecule has 0 bridgehead atoms. The number of rotatable bonds is 6. The van der Waals surface area contributed by atoms with E-state index in [0.717, 1.165) is 29.1 Å². The standard InChI is InChI=1S/C27H24N4O2/c1-28-15-20-5-3-4-6-23(20)18-7-9-19(10-8-18)25-27(32)26-24(16-29-25)30-17-31(26)21-11-13-22(33-2)14-12-21/h3-14,16-17,28,32H,15H2,1-2H3. The first kappa shape index (κ1) is 20.7. The highest BCUT2D eigenvalue weighted by Gasteiger charge is 2.16. The van der Waals surface area contributed by atoms with E-state index in [9.17, 15) is 5.11 Å². The van der Waals surface area contributed by atoms with Gasteiger partial charge in [-0.2, -0.15) is 0 Å². The van der Waals surface area contributed by atoms with Crippen molar-refractivity contribution >= 4 is 11.0 Å². The van der Waals surface area contributed by atoms with Crippen LogP contribution in [0.5, 0.6) is 11.5 Å².